The zero-order valence-corrected chi connectivity index (χ0v) is 12.3. The summed E-state index contributed by atoms with van der Waals surface area (Å²) < 4.78 is 4.80. The lowest BCUT2D eigenvalue weighted by Crippen LogP contribution is -2.21. The number of benzene rings is 1. The van der Waals surface area contributed by atoms with Crippen molar-refractivity contribution in [3.63, 3.8) is 0 Å². The van der Waals surface area contributed by atoms with E-state index >= 15 is 0 Å². The van der Waals surface area contributed by atoms with Crippen molar-refractivity contribution >= 4 is 34.9 Å². The molecule has 1 aromatic heterocycles. The molecule has 1 heterocycles. The third kappa shape index (κ3) is 4.75. The summed E-state index contributed by atoms with van der Waals surface area (Å²) in [5.41, 5.74) is 0.236. The monoisotopic (exact) mass is 335 g/mol. The number of hydrogen-bond acceptors (Lipinski definition) is 6. The van der Waals surface area contributed by atoms with E-state index in [1.54, 1.807) is 0 Å². The van der Waals surface area contributed by atoms with Crippen LogP contribution in [0.2, 0.25) is 5.02 Å². The van der Waals surface area contributed by atoms with Gasteiger partial charge in [-0.1, -0.05) is 11.6 Å². The highest BCUT2D eigenvalue weighted by atomic mass is 35.5. The summed E-state index contributed by atoms with van der Waals surface area (Å²) in [6, 6.07) is 8.06. The smallest absolute Gasteiger partial charge is 0.357 e. The average molecular weight is 336 g/mol. The van der Waals surface area contributed by atoms with Crippen molar-refractivity contribution in [1.29, 1.82) is 0 Å². The molecule has 0 atom stereocenters. The van der Waals surface area contributed by atoms with Crippen LogP contribution in [0.4, 0.5) is 11.4 Å². The second kappa shape index (κ2) is 7.32. The first-order chi connectivity index (χ1) is 11.0. The van der Waals surface area contributed by atoms with Gasteiger partial charge in [0.15, 0.2) is 6.61 Å². The minimum Gasteiger partial charge on any atom is -0.451 e. The molecule has 0 fully saturated rings. The fourth-order valence-electron chi connectivity index (χ4n) is 1.58. The SMILES string of the molecule is O=C(COC(=O)c1cc(Cl)ccn1)Nc1ccc([N+](=O)[O-])cc1. The van der Waals surface area contributed by atoms with Gasteiger partial charge in [-0.15, -0.1) is 0 Å². The minimum atomic E-state index is -0.786. The maximum atomic E-state index is 11.7. The van der Waals surface area contributed by atoms with Crippen LogP contribution in [0, 0.1) is 10.1 Å². The maximum absolute atomic E-state index is 11.7. The van der Waals surface area contributed by atoms with Crippen LogP contribution in [-0.2, 0) is 9.53 Å². The number of non-ortho nitro benzene ring substituents is 1. The highest BCUT2D eigenvalue weighted by molar-refractivity contribution is 6.30. The Labute approximate surface area is 135 Å². The Morgan fingerprint density at radius 1 is 1.26 bits per heavy atom. The molecule has 23 heavy (non-hydrogen) atoms. The second-order valence-electron chi connectivity index (χ2n) is 4.29. The number of amides is 1. The Balaban J connectivity index is 1.87. The summed E-state index contributed by atoms with van der Waals surface area (Å²) in [6.45, 7) is -0.524. The molecule has 2 aromatic rings. The molecule has 0 spiro atoms. The molecule has 9 heteroatoms. The molecule has 1 N–H and O–H groups in total. The average Bonchev–Trinajstić information content (AvgIpc) is 2.53. The number of nitro groups is 1. The number of nitro benzene ring substituents is 1. The zero-order chi connectivity index (χ0) is 16.8. The predicted octanol–water partition coefficient (Wildman–Crippen LogP) is 2.44. The molecule has 118 valence electrons. The fraction of sp³-hybridized carbons (Fsp3) is 0.0714. The number of nitrogens with zero attached hydrogens (tertiary/aromatic N) is 2. The van der Waals surface area contributed by atoms with E-state index in [4.69, 9.17) is 16.3 Å². The number of pyridine rings is 1. The number of halogens is 1. The Hall–Kier alpha value is -3.00. The van der Waals surface area contributed by atoms with Crippen molar-refractivity contribution in [2.24, 2.45) is 0 Å². The molecule has 0 aliphatic carbocycles. The van der Waals surface area contributed by atoms with Gasteiger partial charge in [0.1, 0.15) is 5.69 Å². The van der Waals surface area contributed by atoms with Crippen molar-refractivity contribution in [3.05, 3.63) is 63.4 Å². The molecular weight excluding hydrogens is 326 g/mol. The van der Waals surface area contributed by atoms with Gasteiger partial charge < -0.3 is 10.1 Å². The first-order valence-electron chi connectivity index (χ1n) is 6.28. The lowest BCUT2D eigenvalue weighted by atomic mass is 10.3. The van der Waals surface area contributed by atoms with Crippen molar-refractivity contribution in [2.45, 2.75) is 0 Å². The van der Waals surface area contributed by atoms with E-state index in [0.29, 0.717) is 10.7 Å². The van der Waals surface area contributed by atoms with Gasteiger partial charge in [-0.3, -0.25) is 14.9 Å². The molecule has 1 aromatic carbocycles. The molecule has 0 unspecified atom stereocenters. The van der Waals surface area contributed by atoms with E-state index < -0.39 is 23.4 Å². The van der Waals surface area contributed by atoms with Crippen molar-refractivity contribution in [2.75, 3.05) is 11.9 Å². The van der Waals surface area contributed by atoms with Crippen LogP contribution in [0.5, 0.6) is 0 Å². The second-order valence-corrected chi connectivity index (χ2v) is 4.72. The zero-order valence-electron chi connectivity index (χ0n) is 11.6. The number of hydrogen-bond donors (Lipinski definition) is 1. The molecule has 0 saturated heterocycles. The third-order valence-electron chi connectivity index (χ3n) is 2.63. The van der Waals surface area contributed by atoms with Crippen LogP contribution in [0.1, 0.15) is 10.5 Å². The van der Waals surface area contributed by atoms with E-state index in [2.05, 4.69) is 10.3 Å². The molecule has 1 amide bonds. The van der Waals surface area contributed by atoms with E-state index in [-0.39, 0.29) is 11.4 Å². The number of anilines is 1. The standard InChI is InChI=1S/C14H10ClN3O5/c15-9-5-6-16-12(7-9)14(20)23-8-13(19)17-10-1-3-11(4-2-10)18(21)22/h1-7H,8H2,(H,17,19). The summed E-state index contributed by atoms with van der Waals surface area (Å²) in [7, 11) is 0. The normalized spacial score (nSPS) is 9.96. The van der Waals surface area contributed by atoms with Gasteiger partial charge in [0.25, 0.3) is 11.6 Å². The first-order valence-corrected chi connectivity index (χ1v) is 6.66. The number of carbonyl (C=O) groups is 2. The maximum Gasteiger partial charge on any atom is 0.357 e. The van der Waals surface area contributed by atoms with Crippen LogP contribution >= 0.6 is 11.6 Å². The molecule has 2 rings (SSSR count). The van der Waals surface area contributed by atoms with Crippen LogP contribution < -0.4 is 5.32 Å². The lowest BCUT2D eigenvalue weighted by molar-refractivity contribution is -0.384. The van der Waals surface area contributed by atoms with Crippen LogP contribution in [0.15, 0.2) is 42.6 Å². The minimum absolute atomic E-state index is 0.0133. The van der Waals surface area contributed by atoms with Crippen molar-refractivity contribution in [3.8, 4) is 0 Å². The molecular formula is C14H10ClN3O5. The van der Waals surface area contributed by atoms with Crippen molar-refractivity contribution < 1.29 is 19.2 Å². The van der Waals surface area contributed by atoms with Gasteiger partial charge in [-0.25, -0.2) is 9.78 Å². The topological polar surface area (TPSA) is 111 Å². The van der Waals surface area contributed by atoms with E-state index in [1.807, 2.05) is 0 Å². The predicted molar refractivity (Wildman–Crippen MR) is 81.3 cm³/mol. The highest BCUT2D eigenvalue weighted by Gasteiger charge is 2.12. The Bertz CT molecular complexity index is 748. The van der Waals surface area contributed by atoms with Crippen LogP contribution in [-0.4, -0.2) is 28.4 Å². The molecule has 0 aliphatic heterocycles. The molecule has 0 bridgehead atoms. The molecule has 8 nitrogen and oxygen atoms in total. The van der Waals surface area contributed by atoms with Crippen LogP contribution in [0.25, 0.3) is 0 Å². The summed E-state index contributed by atoms with van der Waals surface area (Å²) in [5, 5.41) is 13.3. The quantitative estimate of drug-likeness (QED) is 0.510. The first kappa shape index (κ1) is 16.4. The van der Waals surface area contributed by atoms with E-state index in [0.717, 1.165) is 0 Å². The highest BCUT2D eigenvalue weighted by Crippen LogP contribution is 2.15. The Kier molecular flexibility index (Phi) is 5.21. The van der Waals surface area contributed by atoms with E-state index in [1.165, 1.54) is 42.6 Å². The van der Waals surface area contributed by atoms with Crippen LogP contribution in [0.3, 0.4) is 0 Å². The summed E-state index contributed by atoms with van der Waals surface area (Å²) in [5.74, 6) is -1.37. The number of nitrogens with one attached hydrogen (secondary N) is 1. The van der Waals surface area contributed by atoms with Gasteiger partial charge in [-0.05, 0) is 24.3 Å². The van der Waals surface area contributed by atoms with Crippen molar-refractivity contribution in [1.82, 2.24) is 4.98 Å². The van der Waals surface area contributed by atoms with Gasteiger partial charge in [0.2, 0.25) is 0 Å². The van der Waals surface area contributed by atoms with Gasteiger partial charge in [0.05, 0.1) is 4.92 Å². The number of esters is 1. The van der Waals surface area contributed by atoms with Gasteiger partial charge >= 0.3 is 5.97 Å². The largest absolute Gasteiger partial charge is 0.451 e. The van der Waals surface area contributed by atoms with Gasteiger partial charge in [-0.2, -0.15) is 0 Å². The molecule has 0 radical (unpaired) electrons. The number of rotatable bonds is 5. The summed E-state index contributed by atoms with van der Waals surface area (Å²) >= 11 is 5.72. The summed E-state index contributed by atoms with van der Waals surface area (Å²) in [4.78, 5) is 37.1. The lowest BCUT2D eigenvalue weighted by Gasteiger charge is -2.06. The third-order valence-corrected chi connectivity index (χ3v) is 2.86. The number of carbonyl (C=O) groups excluding carboxylic acids is 2. The number of aromatic nitrogens is 1. The Morgan fingerprint density at radius 3 is 2.57 bits per heavy atom. The fourth-order valence-corrected chi connectivity index (χ4v) is 1.74. The summed E-state index contributed by atoms with van der Waals surface area (Å²) in [6.07, 6.45) is 1.34. The Morgan fingerprint density at radius 2 is 1.96 bits per heavy atom. The van der Waals surface area contributed by atoms with Gasteiger partial charge in [0, 0.05) is 29.0 Å². The number of ether oxygens (including phenoxy) is 1. The van der Waals surface area contributed by atoms with E-state index in [9.17, 15) is 19.7 Å². The molecule has 0 aliphatic rings. The molecule has 0 saturated carbocycles.